The standard InChI is InChI=1S/C41H49N3O11S2/c1-6-42-33-20-18-29(56(48,49)50)27-31(33)40(2,3)35(42)15-11-8-7-9-12-16-36-41(4,24-26-54-5)32-28-30(57(51,52)53)19-21-34(32)43(36)25-14-10-13-17-39(47)55-44-37(45)22-23-38(44)46/h7-9,11-12,15-16,18-23,27-28H,6,10,13-14,17,24-26H2,1-5H3,(H3-,45,46,48,49,50,51,52,53)/p+1. The molecule has 3 heterocycles. The number of aromatic nitrogens is 1. The summed E-state index contributed by atoms with van der Waals surface area (Å²) in [5.41, 5.74) is 3.84. The maximum atomic E-state index is 12.4. The van der Waals surface area contributed by atoms with Crippen LogP contribution in [0.5, 0.6) is 11.8 Å². The maximum Gasteiger partial charge on any atom is 0.333 e. The molecule has 0 saturated carbocycles. The van der Waals surface area contributed by atoms with Crippen LogP contribution in [-0.2, 0) is 40.6 Å². The van der Waals surface area contributed by atoms with Crippen LogP contribution in [0.15, 0.2) is 107 Å². The van der Waals surface area contributed by atoms with Crippen LogP contribution < -0.4 is 9.74 Å². The van der Waals surface area contributed by atoms with E-state index < -0.39 is 48.8 Å². The van der Waals surface area contributed by atoms with E-state index in [0.717, 1.165) is 33.9 Å². The van der Waals surface area contributed by atoms with Crippen molar-refractivity contribution in [1.82, 2.24) is 4.73 Å². The van der Waals surface area contributed by atoms with Crippen LogP contribution in [0.4, 0.5) is 11.4 Å². The third-order valence-electron chi connectivity index (χ3n) is 10.5. The molecule has 2 aromatic carbocycles. The number of aromatic hydroxyl groups is 2. The van der Waals surface area contributed by atoms with Crippen molar-refractivity contribution in [2.75, 3.05) is 31.7 Å². The molecular weight excluding hydrogens is 775 g/mol. The first-order valence-electron chi connectivity index (χ1n) is 18.5. The molecule has 5 rings (SSSR count). The highest BCUT2D eigenvalue weighted by atomic mass is 32.2. The van der Waals surface area contributed by atoms with Crippen molar-refractivity contribution >= 4 is 43.3 Å². The van der Waals surface area contributed by atoms with Gasteiger partial charge in [0.1, 0.15) is 6.54 Å². The molecule has 2 aliphatic rings. The van der Waals surface area contributed by atoms with Gasteiger partial charge >= 0.3 is 5.97 Å². The normalized spacial score (nSPS) is 18.8. The average molecular weight is 825 g/mol. The van der Waals surface area contributed by atoms with Gasteiger partial charge in [-0.05, 0) is 88.9 Å². The highest BCUT2D eigenvalue weighted by molar-refractivity contribution is 7.86. The summed E-state index contributed by atoms with van der Waals surface area (Å²) in [4.78, 5) is 19.2. The summed E-state index contributed by atoms with van der Waals surface area (Å²) in [5.74, 6) is -1.41. The first-order chi connectivity index (χ1) is 26.8. The van der Waals surface area contributed by atoms with Gasteiger partial charge in [0.15, 0.2) is 5.71 Å². The lowest BCUT2D eigenvalue weighted by atomic mass is 9.78. The van der Waals surface area contributed by atoms with Crippen molar-refractivity contribution < 1.29 is 55.1 Å². The lowest BCUT2D eigenvalue weighted by Gasteiger charge is -2.30. The number of rotatable bonds is 17. The molecule has 0 amide bonds. The quantitative estimate of drug-likeness (QED) is 0.0509. The fraction of sp³-hybridized carbons (Fsp3) is 0.366. The van der Waals surface area contributed by atoms with Gasteiger partial charge in [-0.2, -0.15) is 21.4 Å². The van der Waals surface area contributed by atoms with E-state index in [-0.39, 0.29) is 16.2 Å². The lowest BCUT2D eigenvalue weighted by Crippen LogP contribution is -2.30. The van der Waals surface area contributed by atoms with Crippen molar-refractivity contribution in [2.24, 2.45) is 0 Å². The molecule has 16 heteroatoms. The second-order valence-electron chi connectivity index (χ2n) is 14.6. The monoisotopic (exact) mass is 824 g/mol. The van der Waals surface area contributed by atoms with Gasteiger partial charge in [-0.25, -0.2) is 4.79 Å². The van der Waals surface area contributed by atoms with E-state index >= 15 is 0 Å². The predicted molar refractivity (Wildman–Crippen MR) is 216 cm³/mol. The van der Waals surface area contributed by atoms with Crippen LogP contribution in [0.1, 0.15) is 70.9 Å². The minimum Gasteiger partial charge on any atom is -0.492 e. The summed E-state index contributed by atoms with van der Waals surface area (Å²) in [6.45, 7) is 9.60. The third kappa shape index (κ3) is 9.26. The molecule has 57 heavy (non-hydrogen) atoms. The van der Waals surface area contributed by atoms with E-state index in [4.69, 9.17) is 9.57 Å². The van der Waals surface area contributed by atoms with Crippen LogP contribution in [0.3, 0.4) is 0 Å². The van der Waals surface area contributed by atoms with Gasteiger partial charge < -0.3 is 24.7 Å². The molecule has 1 unspecified atom stereocenters. The number of hydrogen-bond acceptors (Lipinski definition) is 10. The minimum atomic E-state index is -4.47. The maximum absolute atomic E-state index is 12.4. The van der Waals surface area contributed by atoms with E-state index in [1.54, 1.807) is 19.2 Å². The lowest BCUT2D eigenvalue weighted by molar-refractivity contribution is -0.433. The van der Waals surface area contributed by atoms with E-state index in [1.807, 2.05) is 70.2 Å². The largest absolute Gasteiger partial charge is 0.492 e. The highest BCUT2D eigenvalue weighted by Crippen LogP contribution is 2.51. The number of nitrogens with zero attached hydrogens (tertiary/aromatic N) is 3. The van der Waals surface area contributed by atoms with Gasteiger partial charge in [-0.15, -0.1) is 4.73 Å². The number of hydrogen-bond donors (Lipinski definition) is 4. The molecule has 1 aromatic heterocycles. The van der Waals surface area contributed by atoms with Gasteiger partial charge in [0.05, 0.1) is 15.2 Å². The molecule has 14 nitrogen and oxygen atoms in total. The number of unbranched alkanes of at least 4 members (excludes halogenated alkanes) is 2. The second-order valence-corrected chi connectivity index (χ2v) is 17.4. The summed E-state index contributed by atoms with van der Waals surface area (Å²) in [6, 6.07) is 11.6. The molecule has 3 aromatic rings. The Balaban J connectivity index is 1.35. The van der Waals surface area contributed by atoms with E-state index in [2.05, 4.69) is 9.48 Å². The molecule has 0 spiro atoms. The second kappa shape index (κ2) is 17.2. The molecular formula is C41H50N3O11S2+. The first kappa shape index (κ1) is 43.1. The number of carbonyl (C=O) groups excluding carboxylic acids is 1. The smallest absolute Gasteiger partial charge is 0.333 e. The minimum absolute atomic E-state index is 0.0538. The van der Waals surface area contributed by atoms with Crippen molar-refractivity contribution in [1.29, 1.82) is 0 Å². The van der Waals surface area contributed by atoms with E-state index in [9.17, 15) is 40.9 Å². The summed E-state index contributed by atoms with van der Waals surface area (Å²) in [6.07, 6.45) is 15.7. The molecule has 2 aliphatic heterocycles. The summed E-state index contributed by atoms with van der Waals surface area (Å²) in [5, 5.41) is 19.5. The number of ether oxygens (including phenoxy) is 1. The molecule has 0 fully saturated rings. The van der Waals surface area contributed by atoms with Crippen molar-refractivity contribution in [3.8, 4) is 11.8 Å². The van der Waals surface area contributed by atoms with Gasteiger partial charge in [0.25, 0.3) is 20.2 Å². The Morgan fingerprint density at radius 2 is 1.44 bits per heavy atom. The zero-order valence-corrected chi connectivity index (χ0v) is 34.3. The zero-order chi connectivity index (χ0) is 41.8. The molecule has 0 saturated heterocycles. The van der Waals surface area contributed by atoms with Gasteiger partial charge in [0, 0.05) is 73.3 Å². The van der Waals surface area contributed by atoms with Crippen LogP contribution in [0, 0.1) is 0 Å². The van der Waals surface area contributed by atoms with Gasteiger partial charge in [-0.1, -0.05) is 36.8 Å². The van der Waals surface area contributed by atoms with Gasteiger partial charge in [0.2, 0.25) is 17.4 Å². The highest BCUT2D eigenvalue weighted by Gasteiger charge is 2.45. The topological polar surface area (TPSA) is 196 Å². The number of benzene rings is 2. The van der Waals surface area contributed by atoms with Crippen LogP contribution >= 0.6 is 0 Å². The molecule has 0 aliphatic carbocycles. The Labute approximate surface area is 333 Å². The van der Waals surface area contributed by atoms with Crippen molar-refractivity contribution in [3.05, 3.63) is 108 Å². The Kier molecular flexibility index (Phi) is 13.0. The van der Waals surface area contributed by atoms with Gasteiger partial charge in [-0.3, -0.25) is 9.11 Å². The zero-order valence-electron chi connectivity index (χ0n) is 32.6. The molecule has 0 radical (unpaired) electrons. The average Bonchev–Trinajstić information content (AvgIpc) is 3.67. The van der Waals surface area contributed by atoms with Crippen molar-refractivity contribution in [2.45, 2.75) is 80.4 Å². The number of carbonyl (C=O) groups is 1. The fourth-order valence-electron chi connectivity index (χ4n) is 7.50. The molecule has 1 atom stereocenters. The molecule has 4 N–H and O–H groups in total. The number of fused-ring (bicyclic) bond motifs is 2. The summed E-state index contributed by atoms with van der Waals surface area (Å²) in [7, 11) is -7.23. The Morgan fingerprint density at radius 1 is 0.825 bits per heavy atom. The van der Waals surface area contributed by atoms with Crippen LogP contribution in [-0.4, -0.2) is 83.9 Å². The third-order valence-corrected chi connectivity index (χ3v) is 12.2. The predicted octanol–water partition coefficient (Wildman–Crippen LogP) is 6.37. The fourth-order valence-corrected chi connectivity index (χ4v) is 8.52. The summed E-state index contributed by atoms with van der Waals surface area (Å²) >= 11 is 0. The molecule has 306 valence electrons. The van der Waals surface area contributed by atoms with E-state index in [0.29, 0.717) is 50.1 Å². The number of anilines is 1. The Hall–Kier alpha value is -5.00. The first-order valence-corrected chi connectivity index (χ1v) is 21.4. The Morgan fingerprint density at radius 3 is 2.07 bits per heavy atom. The SMILES string of the molecule is CC[N+]1=C(C=CC=CC=CC=C2N(CCCCCC(=O)On3c(O)ccc3O)c3ccc(S(=O)(=O)O)cc3C2(C)CCOC)C(C)(C)c2cc(S(=O)(=O)O)ccc21. The van der Waals surface area contributed by atoms with Crippen molar-refractivity contribution in [3.63, 3.8) is 0 Å². The number of allylic oxidation sites excluding steroid dienone is 8. The molecule has 0 bridgehead atoms. The van der Waals surface area contributed by atoms with E-state index in [1.165, 1.54) is 36.4 Å². The van der Waals surface area contributed by atoms with Crippen LogP contribution in [0.25, 0.3) is 0 Å². The number of methoxy groups -OCH3 is 1. The summed E-state index contributed by atoms with van der Waals surface area (Å²) < 4.78 is 75.9. The Bertz CT molecular complexity index is 2370. The van der Waals surface area contributed by atoms with Crippen LogP contribution in [0.2, 0.25) is 0 Å².